The van der Waals surface area contributed by atoms with Crippen molar-refractivity contribution in [2.24, 2.45) is 0 Å². The summed E-state index contributed by atoms with van der Waals surface area (Å²) in [4.78, 5) is 6.02. The number of hydrogen-bond donors (Lipinski definition) is 1. The van der Waals surface area contributed by atoms with E-state index < -0.39 is 6.10 Å². The van der Waals surface area contributed by atoms with Crippen LogP contribution in [0.3, 0.4) is 0 Å². The molecular formula is C21H28N2O2S. The van der Waals surface area contributed by atoms with Crippen LogP contribution in [0.25, 0.3) is 0 Å². The van der Waals surface area contributed by atoms with Crippen molar-refractivity contribution in [2.75, 3.05) is 50.5 Å². The Hall–Kier alpha value is -1.69. The summed E-state index contributed by atoms with van der Waals surface area (Å²) in [5.74, 6) is 0.813. The molecule has 3 rings (SSSR count). The minimum Gasteiger partial charge on any atom is -0.491 e. The molecule has 0 amide bonds. The van der Waals surface area contributed by atoms with Crippen LogP contribution >= 0.6 is 11.8 Å². The van der Waals surface area contributed by atoms with Crippen LogP contribution in [0.15, 0.2) is 53.4 Å². The molecular weight excluding hydrogens is 344 g/mol. The highest BCUT2D eigenvalue weighted by Gasteiger charge is 2.19. The van der Waals surface area contributed by atoms with Crippen LogP contribution in [0.5, 0.6) is 5.75 Å². The Morgan fingerprint density at radius 2 is 1.65 bits per heavy atom. The van der Waals surface area contributed by atoms with E-state index in [0.29, 0.717) is 13.2 Å². The van der Waals surface area contributed by atoms with E-state index in [2.05, 4.69) is 47.2 Å². The topological polar surface area (TPSA) is 35.9 Å². The third kappa shape index (κ3) is 5.40. The summed E-state index contributed by atoms with van der Waals surface area (Å²) >= 11 is 1.77. The molecule has 1 heterocycles. The largest absolute Gasteiger partial charge is 0.491 e. The van der Waals surface area contributed by atoms with Crippen LogP contribution in [0, 0.1) is 6.92 Å². The fourth-order valence-electron chi connectivity index (χ4n) is 3.16. The second-order valence-corrected chi connectivity index (χ2v) is 7.64. The first-order chi connectivity index (χ1) is 12.6. The van der Waals surface area contributed by atoms with E-state index in [1.165, 1.54) is 16.1 Å². The molecule has 0 radical (unpaired) electrons. The van der Waals surface area contributed by atoms with Crippen molar-refractivity contribution >= 4 is 17.4 Å². The number of ether oxygens (including phenoxy) is 1. The summed E-state index contributed by atoms with van der Waals surface area (Å²) in [5.41, 5.74) is 2.49. The summed E-state index contributed by atoms with van der Waals surface area (Å²) in [6, 6.07) is 16.7. The highest BCUT2D eigenvalue weighted by Crippen LogP contribution is 2.21. The SMILES string of the molecule is CSc1ccc(N2CCN(C[C@H](O)COc3ccc(C)cc3)CC2)cc1. The lowest BCUT2D eigenvalue weighted by Gasteiger charge is -2.36. The number of hydrogen-bond acceptors (Lipinski definition) is 5. The lowest BCUT2D eigenvalue weighted by atomic mass is 10.2. The maximum atomic E-state index is 10.3. The number of β-amino-alcohol motifs (C(OH)–C–C–N with tert-alkyl or cyclic N) is 1. The van der Waals surface area contributed by atoms with Gasteiger partial charge in [0.15, 0.2) is 0 Å². The number of thioether (sulfide) groups is 1. The van der Waals surface area contributed by atoms with Crippen LogP contribution in [0.2, 0.25) is 0 Å². The molecule has 4 nitrogen and oxygen atoms in total. The molecule has 1 atom stereocenters. The zero-order valence-corrected chi connectivity index (χ0v) is 16.4. The summed E-state index contributed by atoms with van der Waals surface area (Å²) < 4.78 is 5.69. The zero-order valence-electron chi connectivity index (χ0n) is 15.6. The first-order valence-electron chi connectivity index (χ1n) is 9.13. The second-order valence-electron chi connectivity index (χ2n) is 6.76. The average molecular weight is 373 g/mol. The van der Waals surface area contributed by atoms with Crippen LogP contribution in [-0.4, -0.2) is 61.7 Å². The van der Waals surface area contributed by atoms with Crippen LogP contribution in [-0.2, 0) is 0 Å². The van der Waals surface area contributed by atoms with Crippen molar-refractivity contribution in [3.05, 3.63) is 54.1 Å². The standard InChI is InChI=1S/C21H28N2O2S/c1-17-3-7-20(8-4-17)25-16-19(24)15-22-11-13-23(14-12-22)18-5-9-21(26-2)10-6-18/h3-10,19,24H,11-16H2,1-2H3/t19-/m0/s1. The number of aryl methyl sites for hydroxylation is 1. The third-order valence-corrected chi connectivity index (χ3v) is 5.49. The fourth-order valence-corrected chi connectivity index (χ4v) is 3.57. The molecule has 2 aromatic rings. The Morgan fingerprint density at radius 3 is 2.27 bits per heavy atom. The number of piperazine rings is 1. The predicted molar refractivity (Wildman–Crippen MR) is 110 cm³/mol. The number of rotatable bonds is 7. The molecule has 2 aromatic carbocycles. The van der Waals surface area contributed by atoms with Crippen LogP contribution in [0.1, 0.15) is 5.56 Å². The van der Waals surface area contributed by atoms with Gasteiger partial charge in [0.05, 0.1) is 0 Å². The number of nitrogens with zero attached hydrogens (tertiary/aromatic N) is 2. The average Bonchev–Trinajstić information content (AvgIpc) is 2.68. The molecule has 1 aliphatic heterocycles. The van der Waals surface area contributed by atoms with Gasteiger partial charge in [-0.3, -0.25) is 4.90 Å². The van der Waals surface area contributed by atoms with Gasteiger partial charge in [-0.05, 0) is 49.6 Å². The molecule has 1 N–H and O–H groups in total. The van der Waals surface area contributed by atoms with Crippen molar-refractivity contribution in [3.63, 3.8) is 0 Å². The first kappa shape index (κ1) is 19.1. The molecule has 1 saturated heterocycles. The Kier molecular flexibility index (Phi) is 6.83. The summed E-state index contributed by atoms with van der Waals surface area (Å²) in [6.45, 7) is 6.95. The monoisotopic (exact) mass is 372 g/mol. The quantitative estimate of drug-likeness (QED) is 0.755. The Balaban J connectivity index is 1.40. The van der Waals surface area contributed by atoms with E-state index in [1.807, 2.05) is 24.3 Å². The molecule has 1 fully saturated rings. The van der Waals surface area contributed by atoms with Gasteiger partial charge in [-0.1, -0.05) is 17.7 Å². The Labute approximate surface area is 160 Å². The van der Waals surface area contributed by atoms with Crippen LogP contribution in [0.4, 0.5) is 5.69 Å². The van der Waals surface area contributed by atoms with Crippen molar-refractivity contribution in [1.82, 2.24) is 4.90 Å². The third-order valence-electron chi connectivity index (χ3n) is 4.74. The maximum absolute atomic E-state index is 10.3. The van der Waals surface area contributed by atoms with E-state index in [9.17, 15) is 5.11 Å². The summed E-state index contributed by atoms with van der Waals surface area (Å²) in [5, 5.41) is 10.3. The molecule has 0 saturated carbocycles. The van der Waals surface area contributed by atoms with Crippen molar-refractivity contribution < 1.29 is 9.84 Å². The van der Waals surface area contributed by atoms with Gasteiger partial charge in [0, 0.05) is 43.3 Å². The van der Waals surface area contributed by atoms with E-state index in [-0.39, 0.29) is 0 Å². The van der Waals surface area contributed by atoms with Gasteiger partial charge in [0.1, 0.15) is 18.5 Å². The zero-order chi connectivity index (χ0) is 18.4. The lowest BCUT2D eigenvalue weighted by Crippen LogP contribution is -2.49. The van der Waals surface area contributed by atoms with Crippen molar-refractivity contribution in [1.29, 1.82) is 0 Å². The lowest BCUT2D eigenvalue weighted by molar-refractivity contribution is 0.0663. The van der Waals surface area contributed by atoms with Crippen LogP contribution < -0.4 is 9.64 Å². The number of aliphatic hydroxyl groups is 1. The predicted octanol–water partition coefficient (Wildman–Crippen LogP) is 3.28. The number of aliphatic hydroxyl groups excluding tert-OH is 1. The van der Waals surface area contributed by atoms with Gasteiger partial charge in [0.25, 0.3) is 0 Å². The molecule has 140 valence electrons. The normalized spacial score (nSPS) is 16.5. The maximum Gasteiger partial charge on any atom is 0.119 e. The van der Waals surface area contributed by atoms with E-state index in [4.69, 9.17) is 4.74 Å². The van der Waals surface area contributed by atoms with E-state index in [1.54, 1.807) is 11.8 Å². The van der Waals surface area contributed by atoms with Gasteiger partial charge in [-0.2, -0.15) is 0 Å². The summed E-state index contributed by atoms with van der Waals surface area (Å²) in [7, 11) is 0. The first-order valence-corrected chi connectivity index (χ1v) is 10.4. The summed E-state index contributed by atoms with van der Waals surface area (Å²) in [6.07, 6.45) is 1.63. The van der Waals surface area contributed by atoms with Gasteiger partial charge >= 0.3 is 0 Å². The molecule has 26 heavy (non-hydrogen) atoms. The van der Waals surface area contributed by atoms with Gasteiger partial charge in [-0.25, -0.2) is 0 Å². The Bertz CT molecular complexity index is 667. The Morgan fingerprint density at radius 1 is 1.00 bits per heavy atom. The number of benzene rings is 2. The van der Waals surface area contributed by atoms with Crippen molar-refractivity contribution in [2.45, 2.75) is 17.9 Å². The number of anilines is 1. The highest BCUT2D eigenvalue weighted by atomic mass is 32.2. The molecule has 0 bridgehead atoms. The fraction of sp³-hybridized carbons (Fsp3) is 0.429. The molecule has 0 unspecified atom stereocenters. The van der Waals surface area contributed by atoms with Gasteiger partial charge in [0.2, 0.25) is 0 Å². The smallest absolute Gasteiger partial charge is 0.119 e. The molecule has 5 heteroatoms. The minimum absolute atomic E-state index is 0.333. The second kappa shape index (κ2) is 9.31. The minimum atomic E-state index is -0.469. The van der Waals surface area contributed by atoms with E-state index >= 15 is 0 Å². The van der Waals surface area contributed by atoms with Gasteiger partial charge in [-0.15, -0.1) is 11.8 Å². The molecule has 0 aromatic heterocycles. The highest BCUT2D eigenvalue weighted by molar-refractivity contribution is 7.98. The molecule has 0 aliphatic carbocycles. The van der Waals surface area contributed by atoms with E-state index in [0.717, 1.165) is 31.9 Å². The molecule has 1 aliphatic rings. The van der Waals surface area contributed by atoms with Crippen molar-refractivity contribution in [3.8, 4) is 5.75 Å². The molecule has 0 spiro atoms. The van der Waals surface area contributed by atoms with Gasteiger partial charge < -0.3 is 14.7 Å².